The van der Waals surface area contributed by atoms with Gasteiger partial charge in [0.2, 0.25) is 0 Å². The monoisotopic (exact) mass is 391 g/mol. The van der Waals surface area contributed by atoms with Gasteiger partial charge in [0.15, 0.2) is 0 Å². The van der Waals surface area contributed by atoms with Gasteiger partial charge >= 0.3 is 0 Å². The van der Waals surface area contributed by atoms with Crippen molar-refractivity contribution in [2.75, 3.05) is 0 Å². The normalized spacial score (nSPS) is 15.0. The molecular formula is C18H15Cl2N3O3. The summed E-state index contributed by atoms with van der Waals surface area (Å²) in [6.45, 7) is 0. The van der Waals surface area contributed by atoms with Gasteiger partial charge in [-0.1, -0.05) is 36.0 Å². The van der Waals surface area contributed by atoms with Gasteiger partial charge in [0.1, 0.15) is 0 Å². The fourth-order valence-corrected chi connectivity index (χ4v) is 4.43. The standard InChI is InChI=1S/C18H15Cl2N3O3/c19-13-9-12(23(25)26)10-14(20)18(13)21-8-7-16-15(21)5-6-17(24)22(16)11-3-1-2-4-11/h5-11H,1-4H2. The van der Waals surface area contributed by atoms with Gasteiger partial charge in [-0.3, -0.25) is 14.9 Å². The molecular weight excluding hydrogens is 377 g/mol. The first kappa shape index (κ1) is 17.1. The van der Waals surface area contributed by atoms with Crippen LogP contribution in [0.3, 0.4) is 0 Å². The Bertz CT molecular complexity index is 1060. The molecule has 26 heavy (non-hydrogen) atoms. The summed E-state index contributed by atoms with van der Waals surface area (Å²) < 4.78 is 3.61. The van der Waals surface area contributed by atoms with E-state index in [2.05, 4.69) is 0 Å². The molecule has 0 N–H and O–H groups in total. The van der Waals surface area contributed by atoms with E-state index in [0.717, 1.165) is 36.7 Å². The number of rotatable bonds is 3. The minimum absolute atomic E-state index is 0.0250. The maximum absolute atomic E-state index is 12.4. The number of halogens is 2. The van der Waals surface area contributed by atoms with Crippen LogP contribution in [0.15, 0.2) is 41.3 Å². The second-order valence-corrected chi connectivity index (χ2v) is 7.27. The van der Waals surface area contributed by atoms with E-state index in [0.29, 0.717) is 5.69 Å². The number of nitro benzene ring substituents is 1. The molecule has 2 heterocycles. The largest absolute Gasteiger partial charge is 0.312 e. The highest BCUT2D eigenvalue weighted by molar-refractivity contribution is 6.38. The van der Waals surface area contributed by atoms with E-state index in [1.54, 1.807) is 22.9 Å². The lowest BCUT2D eigenvalue weighted by atomic mass is 10.2. The lowest BCUT2D eigenvalue weighted by Crippen LogP contribution is -2.22. The van der Waals surface area contributed by atoms with E-state index < -0.39 is 4.92 Å². The van der Waals surface area contributed by atoms with Gasteiger partial charge in [0.25, 0.3) is 11.2 Å². The molecule has 0 spiro atoms. The van der Waals surface area contributed by atoms with Gasteiger partial charge in [-0.15, -0.1) is 0 Å². The highest BCUT2D eigenvalue weighted by Crippen LogP contribution is 2.36. The SMILES string of the molecule is O=c1ccc2c(ccn2-c2c(Cl)cc([N+](=O)[O-])cc2Cl)n1C1CCCC1. The molecule has 1 aromatic carbocycles. The Kier molecular flexibility index (Phi) is 4.25. The number of hydrogen-bond acceptors (Lipinski definition) is 3. The van der Waals surface area contributed by atoms with Crippen molar-refractivity contribution >= 4 is 39.9 Å². The molecule has 0 radical (unpaired) electrons. The molecule has 0 amide bonds. The van der Waals surface area contributed by atoms with Crippen LogP contribution in [0.4, 0.5) is 5.69 Å². The summed E-state index contributed by atoms with van der Waals surface area (Å²) in [4.78, 5) is 22.9. The molecule has 0 saturated heterocycles. The average molecular weight is 392 g/mol. The predicted molar refractivity (Wildman–Crippen MR) is 102 cm³/mol. The molecule has 4 rings (SSSR count). The maximum atomic E-state index is 12.4. The molecule has 134 valence electrons. The fraction of sp³-hybridized carbons (Fsp3) is 0.278. The molecule has 0 unspecified atom stereocenters. The Labute approximate surface area is 158 Å². The first-order valence-corrected chi connectivity index (χ1v) is 9.09. The fourth-order valence-electron chi connectivity index (χ4n) is 3.77. The van der Waals surface area contributed by atoms with Crippen LogP contribution in [0.2, 0.25) is 10.0 Å². The lowest BCUT2D eigenvalue weighted by molar-refractivity contribution is -0.384. The van der Waals surface area contributed by atoms with Crippen molar-refractivity contribution < 1.29 is 4.92 Å². The number of pyridine rings is 1. The summed E-state index contributed by atoms with van der Waals surface area (Å²) in [5, 5.41) is 11.3. The Morgan fingerprint density at radius 3 is 2.31 bits per heavy atom. The molecule has 1 fully saturated rings. The summed E-state index contributed by atoms with van der Waals surface area (Å²) in [5.41, 5.74) is 1.88. The Morgan fingerprint density at radius 1 is 1.04 bits per heavy atom. The van der Waals surface area contributed by atoms with Crippen molar-refractivity contribution in [3.63, 3.8) is 0 Å². The molecule has 1 aliphatic carbocycles. The van der Waals surface area contributed by atoms with E-state index in [4.69, 9.17) is 23.2 Å². The third-order valence-corrected chi connectivity index (χ3v) is 5.50. The Morgan fingerprint density at radius 2 is 1.69 bits per heavy atom. The molecule has 0 atom stereocenters. The van der Waals surface area contributed by atoms with Crippen LogP contribution in [0.25, 0.3) is 16.7 Å². The molecule has 3 aromatic rings. The smallest absolute Gasteiger partial charge is 0.272 e. The van der Waals surface area contributed by atoms with Crippen LogP contribution >= 0.6 is 23.2 Å². The molecule has 2 aromatic heterocycles. The quantitative estimate of drug-likeness (QED) is 0.459. The minimum atomic E-state index is -0.535. The zero-order chi connectivity index (χ0) is 18.4. The Hall–Kier alpha value is -2.31. The van der Waals surface area contributed by atoms with Crippen molar-refractivity contribution in [3.8, 4) is 5.69 Å². The molecule has 0 aliphatic heterocycles. The molecule has 6 nitrogen and oxygen atoms in total. The van der Waals surface area contributed by atoms with Crippen molar-refractivity contribution in [1.29, 1.82) is 0 Å². The summed E-state index contributed by atoms with van der Waals surface area (Å²) in [7, 11) is 0. The number of nitrogens with zero attached hydrogens (tertiary/aromatic N) is 3. The number of aromatic nitrogens is 2. The summed E-state index contributed by atoms with van der Waals surface area (Å²) in [6.07, 6.45) is 6.00. The second-order valence-electron chi connectivity index (χ2n) is 6.45. The van der Waals surface area contributed by atoms with E-state index in [9.17, 15) is 14.9 Å². The average Bonchev–Trinajstić information content (AvgIpc) is 3.24. The van der Waals surface area contributed by atoms with E-state index in [1.165, 1.54) is 12.1 Å². The Balaban J connectivity index is 1.93. The van der Waals surface area contributed by atoms with Crippen molar-refractivity contribution in [1.82, 2.24) is 9.13 Å². The summed E-state index contributed by atoms with van der Waals surface area (Å²) >= 11 is 12.6. The third kappa shape index (κ3) is 2.70. The highest BCUT2D eigenvalue weighted by atomic mass is 35.5. The highest BCUT2D eigenvalue weighted by Gasteiger charge is 2.22. The van der Waals surface area contributed by atoms with Gasteiger partial charge in [-0.25, -0.2) is 0 Å². The zero-order valence-corrected chi connectivity index (χ0v) is 15.2. The van der Waals surface area contributed by atoms with Crippen LogP contribution in [-0.2, 0) is 0 Å². The number of nitro groups is 1. The molecule has 1 aliphatic rings. The first-order valence-electron chi connectivity index (χ1n) is 8.34. The number of benzene rings is 1. The zero-order valence-electron chi connectivity index (χ0n) is 13.7. The molecule has 0 bridgehead atoms. The summed E-state index contributed by atoms with van der Waals surface area (Å²) in [6, 6.07) is 7.90. The van der Waals surface area contributed by atoms with Gasteiger partial charge in [-0.05, 0) is 25.0 Å². The van der Waals surface area contributed by atoms with Gasteiger partial charge in [-0.2, -0.15) is 0 Å². The van der Waals surface area contributed by atoms with Gasteiger partial charge in [0.05, 0.1) is 31.7 Å². The van der Waals surface area contributed by atoms with Crippen LogP contribution in [0.1, 0.15) is 31.7 Å². The number of non-ortho nitro benzene ring substituents is 1. The van der Waals surface area contributed by atoms with Crippen molar-refractivity contribution in [2.45, 2.75) is 31.7 Å². The van der Waals surface area contributed by atoms with E-state index in [-0.39, 0.29) is 27.3 Å². The molecule has 8 heteroatoms. The van der Waals surface area contributed by atoms with E-state index in [1.807, 2.05) is 10.6 Å². The second kappa shape index (κ2) is 6.45. The number of hydrogen-bond donors (Lipinski definition) is 0. The van der Waals surface area contributed by atoms with Crippen LogP contribution < -0.4 is 5.56 Å². The number of fused-ring (bicyclic) bond motifs is 1. The predicted octanol–water partition coefficient (Wildman–Crippen LogP) is 5.12. The third-order valence-electron chi connectivity index (χ3n) is 4.93. The van der Waals surface area contributed by atoms with Crippen molar-refractivity contribution in [3.05, 3.63) is 67.0 Å². The maximum Gasteiger partial charge on any atom is 0.272 e. The summed E-state index contributed by atoms with van der Waals surface area (Å²) in [5.74, 6) is 0. The topological polar surface area (TPSA) is 70.1 Å². The molecule has 1 saturated carbocycles. The lowest BCUT2D eigenvalue weighted by Gasteiger charge is -2.16. The van der Waals surface area contributed by atoms with Gasteiger partial charge < -0.3 is 9.13 Å². The van der Waals surface area contributed by atoms with Crippen LogP contribution in [0, 0.1) is 10.1 Å². The van der Waals surface area contributed by atoms with Crippen LogP contribution in [0.5, 0.6) is 0 Å². The van der Waals surface area contributed by atoms with Crippen molar-refractivity contribution in [2.24, 2.45) is 0 Å². The van der Waals surface area contributed by atoms with Gasteiger partial charge in [0, 0.05) is 30.4 Å². The van der Waals surface area contributed by atoms with E-state index >= 15 is 0 Å². The minimum Gasteiger partial charge on any atom is -0.312 e. The first-order chi connectivity index (χ1) is 12.5. The van der Waals surface area contributed by atoms with Crippen LogP contribution in [-0.4, -0.2) is 14.1 Å².